The Morgan fingerprint density at radius 1 is 1.38 bits per heavy atom. The van der Waals surface area contributed by atoms with Crippen LogP contribution in [-0.4, -0.2) is 22.6 Å². The quantitative estimate of drug-likeness (QED) is 0.734. The number of esters is 1. The molecule has 0 unspecified atom stereocenters. The van der Waals surface area contributed by atoms with Gasteiger partial charge in [0.05, 0.1) is 19.1 Å². The molecule has 0 atom stereocenters. The lowest BCUT2D eigenvalue weighted by molar-refractivity contribution is -0.141. The van der Waals surface area contributed by atoms with Gasteiger partial charge in [0.15, 0.2) is 0 Å². The number of benzene rings is 1. The van der Waals surface area contributed by atoms with E-state index in [1.165, 1.54) is 7.11 Å². The van der Waals surface area contributed by atoms with Gasteiger partial charge < -0.3 is 9.30 Å². The number of nitrogens with zero attached hydrogens (tertiary/aromatic N) is 2. The Labute approximate surface area is 93.5 Å². The first-order valence-corrected chi connectivity index (χ1v) is 4.93. The Morgan fingerprint density at radius 2 is 2.12 bits per heavy atom. The third kappa shape index (κ3) is 2.28. The molecule has 0 amide bonds. The second kappa shape index (κ2) is 4.61. The predicted octanol–water partition coefficient (Wildman–Crippen LogP) is 1.72. The smallest absolute Gasteiger partial charge is 0.325 e. The van der Waals surface area contributed by atoms with E-state index in [0.29, 0.717) is 0 Å². The van der Waals surface area contributed by atoms with E-state index in [2.05, 4.69) is 9.72 Å². The highest BCUT2D eigenvalue weighted by Gasteiger charge is 2.04. The van der Waals surface area contributed by atoms with Gasteiger partial charge in [-0.05, 0) is 0 Å². The van der Waals surface area contributed by atoms with Crippen LogP contribution in [0.25, 0.3) is 11.3 Å². The van der Waals surface area contributed by atoms with Crippen LogP contribution in [0.3, 0.4) is 0 Å². The molecule has 82 valence electrons. The largest absolute Gasteiger partial charge is 0.468 e. The highest BCUT2D eigenvalue weighted by Crippen LogP contribution is 2.15. The zero-order valence-corrected chi connectivity index (χ0v) is 8.96. The van der Waals surface area contributed by atoms with E-state index in [0.717, 1.165) is 11.3 Å². The van der Waals surface area contributed by atoms with Crippen LogP contribution < -0.4 is 0 Å². The molecule has 4 heteroatoms. The first kappa shape index (κ1) is 10.4. The molecule has 0 aliphatic carbocycles. The minimum Gasteiger partial charge on any atom is -0.468 e. The van der Waals surface area contributed by atoms with Crippen LogP contribution >= 0.6 is 0 Å². The molecule has 4 nitrogen and oxygen atoms in total. The summed E-state index contributed by atoms with van der Waals surface area (Å²) in [7, 11) is 1.37. The first-order chi connectivity index (χ1) is 7.79. The van der Waals surface area contributed by atoms with Crippen LogP contribution in [0, 0.1) is 0 Å². The fourth-order valence-corrected chi connectivity index (χ4v) is 1.42. The monoisotopic (exact) mass is 216 g/mol. The van der Waals surface area contributed by atoms with Gasteiger partial charge in [0.2, 0.25) is 0 Å². The molecule has 16 heavy (non-hydrogen) atoms. The number of hydrogen-bond donors (Lipinski definition) is 0. The van der Waals surface area contributed by atoms with Crippen molar-refractivity contribution in [1.29, 1.82) is 0 Å². The Balaban J connectivity index is 2.17. The molecule has 1 aromatic heterocycles. The lowest BCUT2D eigenvalue weighted by atomic mass is 10.2. The first-order valence-electron chi connectivity index (χ1n) is 4.93. The third-order valence-corrected chi connectivity index (χ3v) is 2.24. The van der Waals surface area contributed by atoms with Crippen LogP contribution in [0.2, 0.25) is 0 Å². The van der Waals surface area contributed by atoms with E-state index in [1.54, 1.807) is 10.9 Å². The molecule has 2 aromatic rings. The minimum atomic E-state index is -0.281. The highest BCUT2D eigenvalue weighted by molar-refractivity contribution is 5.69. The molecular weight excluding hydrogens is 204 g/mol. The van der Waals surface area contributed by atoms with Gasteiger partial charge in [-0.2, -0.15) is 0 Å². The van der Waals surface area contributed by atoms with Crippen molar-refractivity contribution in [3.05, 3.63) is 42.9 Å². The summed E-state index contributed by atoms with van der Waals surface area (Å²) < 4.78 is 6.28. The average Bonchev–Trinajstić information content (AvgIpc) is 2.78. The van der Waals surface area contributed by atoms with Crippen molar-refractivity contribution in [2.24, 2.45) is 0 Å². The minimum absolute atomic E-state index is 0.191. The van der Waals surface area contributed by atoms with E-state index in [4.69, 9.17) is 0 Å². The summed E-state index contributed by atoms with van der Waals surface area (Å²) in [6.07, 6.45) is 3.45. The SMILES string of the molecule is COC(=O)Cn1cnc(-c2ccccc2)c1. The molecule has 1 heterocycles. The molecule has 0 saturated heterocycles. The maximum absolute atomic E-state index is 11.1. The predicted molar refractivity (Wildman–Crippen MR) is 59.7 cm³/mol. The Morgan fingerprint density at radius 3 is 2.81 bits per heavy atom. The Bertz CT molecular complexity index is 477. The van der Waals surface area contributed by atoms with Gasteiger partial charge in [0.1, 0.15) is 6.54 Å². The summed E-state index contributed by atoms with van der Waals surface area (Å²) in [5, 5.41) is 0. The number of imidazole rings is 1. The Hall–Kier alpha value is -2.10. The van der Waals surface area contributed by atoms with E-state index in [-0.39, 0.29) is 12.5 Å². The molecule has 0 fully saturated rings. The summed E-state index contributed by atoms with van der Waals surface area (Å²) in [5.41, 5.74) is 1.88. The molecule has 1 aromatic carbocycles. The number of carbonyl (C=O) groups excluding carboxylic acids is 1. The van der Waals surface area contributed by atoms with Crippen LogP contribution in [0.4, 0.5) is 0 Å². The van der Waals surface area contributed by atoms with E-state index < -0.39 is 0 Å². The average molecular weight is 216 g/mol. The molecule has 0 aliphatic heterocycles. The van der Waals surface area contributed by atoms with Gasteiger partial charge in [-0.3, -0.25) is 4.79 Å². The van der Waals surface area contributed by atoms with Crippen LogP contribution in [0.5, 0.6) is 0 Å². The molecule has 0 aliphatic rings. The van der Waals surface area contributed by atoms with E-state index in [1.807, 2.05) is 36.5 Å². The lowest BCUT2D eigenvalue weighted by Crippen LogP contribution is -2.09. The van der Waals surface area contributed by atoms with Gasteiger partial charge in [-0.25, -0.2) is 4.98 Å². The third-order valence-electron chi connectivity index (χ3n) is 2.24. The lowest BCUT2D eigenvalue weighted by Gasteiger charge is -1.98. The van der Waals surface area contributed by atoms with Gasteiger partial charge in [0.25, 0.3) is 0 Å². The second-order valence-corrected chi connectivity index (χ2v) is 3.37. The molecule has 0 saturated carbocycles. The van der Waals surface area contributed by atoms with Crippen LogP contribution in [0.15, 0.2) is 42.9 Å². The van der Waals surface area contributed by atoms with Crippen molar-refractivity contribution < 1.29 is 9.53 Å². The summed E-state index contributed by atoms with van der Waals surface area (Å²) in [4.78, 5) is 15.3. The Kier molecular flexibility index (Phi) is 3.00. The number of rotatable bonds is 3. The fourth-order valence-electron chi connectivity index (χ4n) is 1.42. The second-order valence-electron chi connectivity index (χ2n) is 3.37. The zero-order chi connectivity index (χ0) is 11.4. The molecular formula is C12H12N2O2. The van der Waals surface area contributed by atoms with Gasteiger partial charge in [-0.1, -0.05) is 30.3 Å². The summed E-state index contributed by atoms with van der Waals surface area (Å²) in [6, 6.07) is 9.81. The molecule has 0 spiro atoms. The fraction of sp³-hybridized carbons (Fsp3) is 0.167. The normalized spacial score (nSPS) is 10.1. The standard InChI is InChI=1S/C12H12N2O2/c1-16-12(15)8-14-7-11(13-9-14)10-5-3-2-4-6-10/h2-7,9H,8H2,1H3. The molecule has 2 rings (SSSR count). The topological polar surface area (TPSA) is 44.1 Å². The number of aromatic nitrogens is 2. The maximum atomic E-state index is 11.1. The van der Waals surface area contributed by atoms with Gasteiger partial charge >= 0.3 is 5.97 Å². The summed E-state index contributed by atoms with van der Waals surface area (Å²) in [6.45, 7) is 0.191. The number of ether oxygens (including phenoxy) is 1. The molecule has 0 N–H and O–H groups in total. The van der Waals surface area contributed by atoms with Crippen molar-refractivity contribution >= 4 is 5.97 Å². The van der Waals surface area contributed by atoms with Crippen LogP contribution in [0.1, 0.15) is 0 Å². The van der Waals surface area contributed by atoms with E-state index >= 15 is 0 Å². The van der Waals surface area contributed by atoms with Crippen molar-refractivity contribution in [3.8, 4) is 11.3 Å². The van der Waals surface area contributed by atoms with E-state index in [9.17, 15) is 4.79 Å². The number of hydrogen-bond acceptors (Lipinski definition) is 3. The molecule has 0 radical (unpaired) electrons. The van der Waals surface area contributed by atoms with Crippen molar-refractivity contribution in [1.82, 2.24) is 9.55 Å². The van der Waals surface area contributed by atoms with Gasteiger partial charge in [-0.15, -0.1) is 0 Å². The number of methoxy groups -OCH3 is 1. The zero-order valence-electron chi connectivity index (χ0n) is 8.96. The van der Waals surface area contributed by atoms with Crippen LogP contribution in [-0.2, 0) is 16.1 Å². The van der Waals surface area contributed by atoms with Gasteiger partial charge in [0, 0.05) is 11.8 Å². The van der Waals surface area contributed by atoms with Crippen molar-refractivity contribution in [2.75, 3.05) is 7.11 Å². The highest BCUT2D eigenvalue weighted by atomic mass is 16.5. The maximum Gasteiger partial charge on any atom is 0.325 e. The molecule has 0 bridgehead atoms. The van der Waals surface area contributed by atoms with Crippen molar-refractivity contribution in [3.63, 3.8) is 0 Å². The van der Waals surface area contributed by atoms with Crippen molar-refractivity contribution in [2.45, 2.75) is 6.54 Å². The summed E-state index contributed by atoms with van der Waals surface area (Å²) >= 11 is 0. The summed E-state index contributed by atoms with van der Waals surface area (Å²) in [5.74, 6) is -0.281. The number of carbonyl (C=O) groups is 1.